The number of aromatic carboxylic acids is 1. The lowest BCUT2D eigenvalue weighted by molar-refractivity contribution is 0.0696. The minimum atomic E-state index is -0.946. The van der Waals surface area contributed by atoms with Crippen LogP contribution in [0.5, 0.6) is 0 Å². The van der Waals surface area contributed by atoms with E-state index >= 15 is 0 Å². The van der Waals surface area contributed by atoms with Crippen LogP contribution in [0, 0.1) is 0 Å². The van der Waals surface area contributed by atoms with Gasteiger partial charge in [-0.3, -0.25) is 0 Å². The van der Waals surface area contributed by atoms with Crippen molar-refractivity contribution in [2.24, 2.45) is 5.73 Å². The molecule has 0 heterocycles. The third-order valence-electron chi connectivity index (χ3n) is 1.55. The first-order valence-corrected chi connectivity index (χ1v) is 4.85. The molecule has 0 bridgehead atoms. The zero-order valence-electron chi connectivity index (χ0n) is 8.32. The topological polar surface area (TPSA) is 63.3 Å². The van der Waals surface area contributed by atoms with E-state index in [-0.39, 0.29) is 5.56 Å². The van der Waals surface area contributed by atoms with Gasteiger partial charge in [0, 0.05) is 11.4 Å². The van der Waals surface area contributed by atoms with E-state index in [0.29, 0.717) is 6.54 Å². The Bertz CT molecular complexity index is 313. The molecule has 0 spiro atoms. The van der Waals surface area contributed by atoms with Gasteiger partial charge in [0.05, 0.1) is 5.56 Å². The summed E-state index contributed by atoms with van der Waals surface area (Å²) in [5.41, 5.74) is 6.37. The molecular weight excluding hydrogens is 198 g/mol. The van der Waals surface area contributed by atoms with Gasteiger partial charge >= 0.3 is 5.97 Å². The van der Waals surface area contributed by atoms with Gasteiger partial charge in [0.25, 0.3) is 0 Å². The van der Waals surface area contributed by atoms with Crippen molar-refractivity contribution in [1.29, 1.82) is 0 Å². The Kier molecular flexibility index (Phi) is 5.99. The van der Waals surface area contributed by atoms with E-state index < -0.39 is 5.97 Å². The lowest BCUT2D eigenvalue weighted by Gasteiger charge is -2.02. The Morgan fingerprint density at radius 3 is 2.50 bits per heavy atom. The second-order valence-corrected chi connectivity index (χ2v) is 2.83. The van der Waals surface area contributed by atoms with Crippen molar-refractivity contribution < 1.29 is 9.90 Å². The van der Waals surface area contributed by atoms with Gasteiger partial charge in [0.15, 0.2) is 0 Å². The van der Waals surface area contributed by atoms with Gasteiger partial charge in [-0.1, -0.05) is 13.8 Å². The lowest BCUT2D eigenvalue weighted by Crippen LogP contribution is -2.02. The Morgan fingerprint density at radius 2 is 2.07 bits per heavy atom. The van der Waals surface area contributed by atoms with E-state index in [4.69, 9.17) is 10.8 Å². The molecule has 0 aliphatic carbocycles. The van der Waals surface area contributed by atoms with Crippen molar-refractivity contribution in [1.82, 2.24) is 0 Å². The number of hydrogen-bond donors (Lipinski definition) is 3. The van der Waals surface area contributed by atoms with E-state index in [1.807, 2.05) is 13.8 Å². The van der Waals surface area contributed by atoms with Crippen molar-refractivity contribution in [3.8, 4) is 0 Å². The molecule has 3 N–H and O–H groups in total. The van der Waals surface area contributed by atoms with Crippen molar-refractivity contribution in [2.75, 3.05) is 0 Å². The van der Waals surface area contributed by atoms with E-state index in [9.17, 15) is 4.79 Å². The van der Waals surface area contributed by atoms with Gasteiger partial charge in [-0.15, -0.1) is 12.6 Å². The highest BCUT2D eigenvalue weighted by molar-refractivity contribution is 7.80. The molecule has 0 atom stereocenters. The molecule has 3 nitrogen and oxygen atoms in total. The zero-order valence-corrected chi connectivity index (χ0v) is 9.21. The first kappa shape index (κ1) is 13.0. The minimum absolute atomic E-state index is 0.244. The number of carbonyl (C=O) groups is 1. The normalized spacial score (nSPS) is 8.86. The fourth-order valence-electron chi connectivity index (χ4n) is 0.882. The molecule has 1 aromatic rings. The van der Waals surface area contributed by atoms with Crippen LogP contribution in [0.1, 0.15) is 29.8 Å². The monoisotopic (exact) mass is 213 g/mol. The van der Waals surface area contributed by atoms with Gasteiger partial charge < -0.3 is 10.8 Å². The molecule has 0 saturated carbocycles. The van der Waals surface area contributed by atoms with Crippen LogP contribution >= 0.6 is 12.6 Å². The molecule has 0 saturated heterocycles. The number of nitrogens with two attached hydrogens (primary N) is 1. The zero-order chi connectivity index (χ0) is 11.1. The fourth-order valence-corrected chi connectivity index (χ4v) is 1.11. The first-order chi connectivity index (χ1) is 6.65. The predicted octanol–water partition coefficient (Wildman–Crippen LogP) is 2.16. The number of benzene rings is 1. The molecule has 0 aliphatic heterocycles. The average molecular weight is 213 g/mol. The molecule has 0 fully saturated rings. The molecule has 0 amide bonds. The van der Waals surface area contributed by atoms with E-state index in [1.165, 1.54) is 12.1 Å². The molecule has 4 heteroatoms. The summed E-state index contributed by atoms with van der Waals surface area (Å²) in [5.74, 6) is -0.946. The van der Waals surface area contributed by atoms with Crippen LogP contribution in [0.4, 0.5) is 0 Å². The van der Waals surface area contributed by atoms with Gasteiger partial charge in [-0.05, 0) is 23.8 Å². The molecule has 0 aliphatic rings. The van der Waals surface area contributed by atoms with Crippen LogP contribution in [-0.2, 0) is 6.54 Å². The Balaban J connectivity index is 0.000000791. The second-order valence-electron chi connectivity index (χ2n) is 2.35. The lowest BCUT2D eigenvalue weighted by atomic mass is 10.1. The average Bonchev–Trinajstić information content (AvgIpc) is 2.21. The van der Waals surface area contributed by atoms with Crippen molar-refractivity contribution in [2.45, 2.75) is 25.3 Å². The Morgan fingerprint density at radius 1 is 1.50 bits per heavy atom. The standard InChI is InChI=1S/C8H9NO2S.C2H6/c9-4-6-3-5(8(10)11)1-2-7(6)12;1-2/h1-3,12H,4,9H2,(H,10,11);1-2H3. The Labute approximate surface area is 89.3 Å². The van der Waals surface area contributed by atoms with E-state index in [1.54, 1.807) is 6.07 Å². The maximum absolute atomic E-state index is 10.5. The largest absolute Gasteiger partial charge is 0.478 e. The fraction of sp³-hybridized carbons (Fsp3) is 0.300. The van der Waals surface area contributed by atoms with E-state index in [2.05, 4.69) is 12.6 Å². The highest BCUT2D eigenvalue weighted by atomic mass is 32.1. The number of hydrogen-bond acceptors (Lipinski definition) is 3. The molecule has 14 heavy (non-hydrogen) atoms. The van der Waals surface area contributed by atoms with Crippen LogP contribution in [-0.4, -0.2) is 11.1 Å². The smallest absolute Gasteiger partial charge is 0.335 e. The summed E-state index contributed by atoms with van der Waals surface area (Å²) in [6.07, 6.45) is 0. The summed E-state index contributed by atoms with van der Waals surface area (Å²) in [6.45, 7) is 4.31. The van der Waals surface area contributed by atoms with Crippen molar-refractivity contribution in [3.05, 3.63) is 29.3 Å². The first-order valence-electron chi connectivity index (χ1n) is 4.40. The summed E-state index contributed by atoms with van der Waals surface area (Å²) < 4.78 is 0. The molecule has 78 valence electrons. The SMILES string of the molecule is CC.NCc1cc(C(=O)O)ccc1S. The molecule has 0 aromatic heterocycles. The van der Waals surface area contributed by atoms with Crippen LogP contribution in [0.2, 0.25) is 0 Å². The third-order valence-corrected chi connectivity index (χ3v) is 1.98. The summed E-state index contributed by atoms with van der Waals surface area (Å²) in [7, 11) is 0. The Hall–Kier alpha value is -1.000. The number of carboxylic acids is 1. The molecular formula is C10H15NO2S. The molecule has 0 unspecified atom stereocenters. The van der Waals surface area contributed by atoms with E-state index in [0.717, 1.165) is 10.5 Å². The summed E-state index contributed by atoms with van der Waals surface area (Å²) in [6, 6.07) is 4.67. The van der Waals surface area contributed by atoms with Gasteiger partial charge in [-0.25, -0.2) is 4.79 Å². The highest BCUT2D eigenvalue weighted by Gasteiger charge is 2.04. The number of carboxylic acid groups (broad SMARTS) is 1. The van der Waals surface area contributed by atoms with Crippen LogP contribution < -0.4 is 5.73 Å². The minimum Gasteiger partial charge on any atom is -0.478 e. The van der Waals surface area contributed by atoms with Crippen molar-refractivity contribution in [3.63, 3.8) is 0 Å². The maximum atomic E-state index is 10.5. The maximum Gasteiger partial charge on any atom is 0.335 e. The molecule has 0 radical (unpaired) electrons. The van der Waals surface area contributed by atoms with Gasteiger partial charge in [0.1, 0.15) is 0 Å². The van der Waals surface area contributed by atoms with Crippen LogP contribution in [0.15, 0.2) is 23.1 Å². The summed E-state index contributed by atoms with van der Waals surface area (Å²) in [4.78, 5) is 11.2. The third kappa shape index (κ3) is 3.40. The molecule has 1 aromatic carbocycles. The second kappa shape index (κ2) is 6.45. The van der Waals surface area contributed by atoms with Crippen LogP contribution in [0.3, 0.4) is 0 Å². The molecule has 1 rings (SSSR count). The summed E-state index contributed by atoms with van der Waals surface area (Å²) >= 11 is 4.12. The number of thiol groups is 1. The number of rotatable bonds is 2. The van der Waals surface area contributed by atoms with Gasteiger partial charge in [-0.2, -0.15) is 0 Å². The highest BCUT2D eigenvalue weighted by Crippen LogP contribution is 2.14. The van der Waals surface area contributed by atoms with Crippen molar-refractivity contribution >= 4 is 18.6 Å². The predicted molar refractivity (Wildman–Crippen MR) is 59.9 cm³/mol. The van der Waals surface area contributed by atoms with Gasteiger partial charge in [0.2, 0.25) is 0 Å². The van der Waals surface area contributed by atoms with Crippen LogP contribution in [0.25, 0.3) is 0 Å². The quantitative estimate of drug-likeness (QED) is 0.660. The summed E-state index contributed by atoms with van der Waals surface area (Å²) in [5, 5.41) is 8.63.